The summed E-state index contributed by atoms with van der Waals surface area (Å²) < 4.78 is 5.28. The topological polar surface area (TPSA) is 63.7 Å². The van der Waals surface area contributed by atoms with Gasteiger partial charge in [-0.05, 0) is 49.1 Å². The molecule has 0 saturated carbocycles. The summed E-state index contributed by atoms with van der Waals surface area (Å²) in [5.74, 6) is -1.13. The molecule has 0 radical (unpaired) electrons. The average Bonchev–Trinajstić information content (AvgIpc) is 3.27. The molecule has 1 amide bonds. The van der Waals surface area contributed by atoms with Crippen molar-refractivity contribution in [2.24, 2.45) is 0 Å². The Morgan fingerprint density at radius 1 is 0.966 bits per heavy atom. The lowest BCUT2D eigenvalue weighted by atomic mass is 10.0. The molecule has 0 aliphatic carbocycles. The van der Waals surface area contributed by atoms with Crippen molar-refractivity contribution >= 4 is 34.7 Å². The summed E-state index contributed by atoms with van der Waals surface area (Å²) in [7, 11) is 1.61. The van der Waals surface area contributed by atoms with Crippen molar-refractivity contribution in [2.45, 2.75) is 13.8 Å². The first-order valence-electron chi connectivity index (χ1n) is 9.06. The number of ether oxygens (including phenoxy) is 1. The molecule has 148 valence electrons. The largest absolute Gasteiger partial charge is 0.454 e. The molecule has 0 unspecified atom stereocenters. The number of carbonyl (C=O) groups excluding carboxylic acids is 3. The van der Waals surface area contributed by atoms with E-state index in [2.05, 4.69) is 0 Å². The second-order valence-electron chi connectivity index (χ2n) is 6.68. The summed E-state index contributed by atoms with van der Waals surface area (Å²) in [4.78, 5) is 39.8. The zero-order valence-electron chi connectivity index (χ0n) is 16.5. The number of hydrogen-bond acceptors (Lipinski definition) is 5. The monoisotopic (exact) mass is 407 g/mol. The van der Waals surface area contributed by atoms with Gasteiger partial charge in [-0.25, -0.2) is 4.79 Å². The number of carbonyl (C=O) groups is 3. The SMILES string of the molecule is Cc1ccc(C)c(C(=O)COC(=O)c2ccccc2N(C)C(=O)c2cccs2)c1. The molecule has 3 aromatic rings. The molecule has 0 aliphatic heterocycles. The molecule has 0 atom stereocenters. The zero-order chi connectivity index (χ0) is 21.0. The van der Waals surface area contributed by atoms with Gasteiger partial charge in [0.1, 0.15) is 0 Å². The van der Waals surface area contributed by atoms with Crippen molar-refractivity contribution in [1.82, 2.24) is 0 Å². The number of ketones is 1. The maximum Gasteiger partial charge on any atom is 0.340 e. The number of aryl methyl sites for hydroxylation is 2. The molecule has 1 aromatic heterocycles. The number of Topliss-reactive ketones (excluding diaryl/α,β-unsaturated/α-hetero) is 1. The third-order valence-corrected chi connectivity index (χ3v) is 5.41. The molecule has 0 N–H and O–H groups in total. The summed E-state index contributed by atoms with van der Waals surface area (Å²) in [5.41, 5.74) is 2.99. The number of para-hydroxylation sites is 1. The van der Waals surface area contributed by atoms with Crippen LogP contribution in [-0.2, 0) is 4.74 Å². The minimum Gasteiger partial charge on any atom is -0.454 e. The molecule has 1 heterocycles. The van der Waals surface area contributed by atoms with Crippen molar-refractivity contribution in [3.63, 3.8) is 0 Å². The van der Waals surface area contributed by atoms with E-state index in [-0.39, 0.29) is 23.9 Å². The summed E-state index contributed by atoms with van der Waals surface area (Å²) >= 11 is 1.33. The Hall–Kier alpha value is -3.25. The summed E-state index contributed by atoms with van der Waals surface area (Å²) in [6, 6.07) is 15.8. The van der Waals surface area contributed by atoms with Gasteiger partial charge < -0.3 is 9.64 Å². The smallest absolute Gasteiger partial charge is 0.340 e. The van der Waals surface area contributed by atoms with Gasteiger partial charge >= 0.3 is 5.97 Å². The summed E-state index contributed by atoms with van der Waals surface area (Å²) in [5, 5.41) is 1.82. The summed E-state index contributed by atoms with van der Waals surface area (Å²) in [6.07, 6.45) is 0. The van der Waals surface area contributed by atoms with Gasteiger partial charge in [0, 0.05) is 12.6 Å². The van der Waals surface area contributed by atoms with E-state index >= 15 is 0 Å². The third kappa shape index (κ3) is 4.60. The highest BCUT2D eigenvalue weighted by molar-refractivity contribution is 7.12. The van der Waals surface area contributed by atoms with Crippen LogP contribution in [0, 0.1) is 13.8 Å². The molecular weight excluding hydrogens is 386 g/mol. The minimum absolute atomic E-state index is 0.216. The number of hydrogen-bond donors (Lipinski definition) is 0. The highest BCUT2D eigenvalue weighted by atomic mass is 32.1. The average molecular weight is 407 g/mol. The quantitative estimate of drug-likeness (QED) is 0.440. The van der Waals surface area contributed by atoms with Crippen LogP contribution in [0.4, 0.5) is 5.69 Å². The molecule has 0 saturated heterocycles. The van der Waals surface area contributed by atoms with Gasteiger partial charge in [0.25, 0.3) is 5.91 Å². The highest BCUT2D eigenvalue weighted by Gasteiger charge is 2.22. The van der Waals surface area contributed by atoms with E-state index in [1.807, 2.05) is 31.4 Å². The standard InChI is InChI=1S/C23H21NO4S/c1-15-10-11-16(2)18(13-15)20(25)14-28-23(27)17-7-4-5-8-19(17)24(3)22(26)21-9-6-12-29-21/h4-13H,14H2,1-3H3. The fourth-order valence-electron chi connectivity index (χ4n) is 2.94. The van der Waals surface area contributed by atoms with Crippen molar-refractivity contribution in [3.05, 3.63) is 87.1 Å². The number of rotatable bonds is 6. The molecule has 0 aliphatic rings. The Labute approximate surface area is 173 Å². The predicted octanol–water partition coefficient (Wildman–Crippen LogP) is 4.68. The van der Waals surface area contributed by atoms with Gasteiger partial charge in [-0.1, -0.05) is 35.9 Å². The van der Waals surface area contributed by atoms with Crippen LogP contribution in [0.15, 0.2) is 60.0 Å². The van der Waals surface area contributed by atoms with E-state index in [4.69, 9.17) is 4.74 Å². The van der Waals surface area contributed by atoms with E-state index < -0.39 is 5.97 Å². The highest BCUT2D eigenvalue weighted by Crippen LogP contribution is 2.23. The van der Waals surface area contributed by atoms with E-state index in [1.165, 1.54) is 16.2 Å². The normalized spacial score (nSPS) is 10.4. The van der Waals surface area contributed by atoms with Crippen LogP contribution in [0.3, 0.4) is 0 Å². The number of benzene rings is 2. The second-order valence-corrected chi connectivity index (χ2v) is 7.62. The molecule has 0 fully saturated rings. The van der Waals surface area contributed by atoms with Gasteiger partial charge in [0.2, 0.25) is 5.78 Å². The van der Waals surface area contributed by atoms with Crippen LogP contribution < -0.4 is 4.90 Å². The van der Waals surface area contributed by atoms with Crippen LogP contribution >= 0.6 is 11.3 Å². The Morgan fingerprint density at radius 2 is 1.72 bits per heavy atom. The van der Waals surface area contributed by atoms with Crippen molar-refractivity contribution in [1.29, 1.82) is 0 Å². The van der Waals surface area contributed by atoms with Gasteiger partial charge in [-0.3, -0.25) is 9.59 Å². The first-order valence-corrected chi connectivity index (χ1v) is 9.94. The molecular formula is C23H21NO4S. The third-order valence-electron chi connectivity index (χ3n) is 4.55. The summed E-state index contributed by atoms with van der Waals surface area (Å²) in [6.45, 7) is 3.38. The minimum atomic E-state index is -0.648. The van der Waals surface area contributed by atoms with Gasteiger partial charge in [-0.15, -0.1) is 11.3 Å². The number of amides is 1. The first kappa shape index (κ1) is 20.5. The maximum atomic E-state index is 12.7. The fourth-order valence-corrected chi connectivity index (χ4v) is 3.64. The Morgan fingerprint density at radius 3 is 2.45 bits per heavy atom. The lowest BCUT2D eigenvalue weighted by Crippen LogP contribution is -2.27. The number of thiophene rings is 1. The van der Waals surface area contributed by atoms with E-state index in [9.17, 15) is 14.4 Å². The van der Waals surface area contributed by atoms with Crippen LogP contribution in [-0.4, -0.2) is 31.3 Å². The van der Waals surface area contributed by atoms with E-state index in [1.54, 1.807) is 49.5 Å². The molecule has 6 heteroatoms. The number of nitrogens with zero attached hydrogens (tertiary/aromatic N) is 1. The zero-order valence-corrected chi connectivity index (χ0v) is 17.3. The van der Waals surface area contributed by atoms with Crippen LogP contribution in [0.2, 0.25) is 0 Å². The molecule has 0 bridgehead atoms. The fraction of sp³-hybridized carbons (Fsp3) is 0.174. The van der Waals surface area contributed by atoms with Gasteiger partial charge in [0.05, 0.1) is 16.1 Å². The Balaban J connectivity index is 1.75. The predicted molar refractivity (Wildman–Crippen MR) is 114 cm³/mol. The molecule has 29 heavy (non-hydrogen) atoms. The second kappa shape index (κ2) is 8.84. The van der Waals surface area contributed by atoms with Crippen LogP contribution in [0.25, 0.3) is 0 Å². The van der Waals surface area contributed by atoms with Crippen molar-refractivity contribution in [3.8, 4) is 0 Å². The molecule has 5 nitrogen and oxygen atoms in total. The maximum absolute atomic E-state index is 12.7. The Bertz CT molecular complexity index is 1060. The molecule has 0 spiro atoms. The molecule has 2 aromatic carbocycles. The van der Waals surface area contributed by atoms with Crippen LogP contribution in [0.5, 0.6) is 0 Å². The van der Waals surface area contributed by atoms with E-state index in [0.717, 1.165) is 11.1 Å². The first-order chi connectivity index (χ1) is 13.9. The molecule has 3 rings (SSSR count). The lowest BCUT2D eigenvalue weighted by Gasteiger charge is -2.19. The number of anilines is 1. The van der Waals surface area contributed by atoms with Gasteiger partial charge in [-0.2, -0.15) is 0 Å². The Kier molecular flexibility index (Phi) is 6.24. The number of esters is 1. The van der Waals surface area contributed by atoms with Gasteiger partial charge in [0.15, 0.2) is 6.61 Å². The van der Waals surface area contributed by atoms with Crippen molar-refractivity contribution < 1.29 is 19.1 Å². The lowest BCUT2D eigenvalue weighted by molar-refractivity contribution is 0.0475. The van der Waals surface area contributed by atoms with Crippen molar-refractivity contribution in [2.75, 3.05) is 18.6 Å². The van der Waals surface area contributed by atoms with Crippen LogP contribution in [0.1, 0.15) is 41.5 Å². The van der Waals surface area contributed by atoms with E-state index in [0.29, 0.717) is 16.1 Å².